The van der Waals surface area contributed by atoms with E-state index >= 15 is 0 Å². The van der Waals surface area contributed by atoms with Crippen LogP contribution in [0.1, 0.15) is 18.6 Å². The van der Waals surface area contributed by atoms with Crippen molar-refractivity contribution in [2.45, 2.75) is 19.1 Å². The number of benzene rings is 1. The van der Waals surface area contributed by atoms with Gasteiger partial charge in [-0.2, -0.15) is 0 Å². The van der Waals surface area contributed by atoms with Crippen molar-refractivity contribution in [2.75, 3.05) is 33.4 Å². The number of ether oxygens (including phenoxy) is 2. The van der Waals surface area contributed by atoms with E-state index in [1.807, 2.05) is 18.2 Å². The van der Waals surface area contributed by atoms with E-state index in [-0.39, 0.29) is 6.10 Å². The van der Waals surface area contributed by atoms with Crippen LogP contribution in [0.3, 0.4) is 0 Å². The fourth-order valence-electron chi connectivity index (χ4n) is 2.13. The van der Waals surface area contributed by atoms with E-state index in [9.17, 15) is 5.11 Å². The number of morpholine rings is 1. The zero-order valence-corrected chi connectivity index (χ0v) is 12.9. The molecule has 0 radical (unpaired) electrons. The van der Waals surface area contributed by atoms with Crippen LogP contribution in [0.25, 0.3) is 0 Å². The Morgan fingerprint density at radius 3 is 3.05 bits per heavy atom. The number of rotatable bonds is 4. The molecule has 0 bridgehead atoms. The molecule has 5 heteroatoms. The number of likely N-dealkylation sites (N-methyl/N-ethyl adjacent to an activating group) is 1. The van der Waals surface area contributed by atoms with Gasteiger partial charge in [0.2, 0.25) is 0 Å². The lowest BCUT2D eigenvalue weighted by Crippen LogP contribution is -2.42. The lowest BCUT2D eigenvalue weighted by Gasteiger charge is -2.30. The van der Waals surface area contributed by atoms with Crippen molar-refractivity contribution in [3.05, 3.63) is 28.2 Å². The van der Waals surface area contributed by atoms with E-state index in [0.717, 1.165) is 35.5 Å². The molecule has 1 fully saturated rings. The molecule has 1 aromatic rings. The van der Waals surface area contributed by atoms with E-state index in [2.05, 4.69) is 27.9 Å². The maximum absolute atomic E-state index is 9.77. The topological polar surface area (TPSA) is 41.9 Å². The quantitative estimate of drug-likeness (QED) is 0.919. The minimum Gasteiger partial charge on any atom is -0.490 e. The average molecular weight is 330 g/mol. The van der Waals surface area contributed by atoms with Crippen molar-refractivity contribution in [3.8, 4) is 5.75 Å². The SMILES string of the molecule is C[C@@H](O)c1cc(Br)ccc1OCC1CN(C)CCO1. The van der Waals surface area contributed by atoms with Crippen LogP contribution < -0.4 is 4.74 Å². The van der Waals surface area contributed by atoms with Crippen molar-refractivity contribution >= 4 is 15.9 Å². The monoisotopic (exact) mass is 329 g/mol. The van der Waals surface area contributed by atoms with Crippen LogP contribution in [0.15, 0.2) is 22.7 Å². The van der Waals surface area contributed by atoms with Gasteiger partial charge in [0.1, 0.15) is 18.5 Å². The van der Waals surface area contributed by atoms with E-state index in [4.69, 9.17) is 9.47 Å². The molecule has 0 spiro atoms. The first kappa shape index (κ1) is 14.8. The van der Waals surface area contributed by atoms with E-state index in [1.54, 1.807) is 6.92 Å². The molecule has 1 saturated heterocycles. The van der Waals surface area contributed by atoms with Crippen molar-refractivity contribution in [3.63, 3.8) is 0 Å². The molecule has 106 valence electrons. The summed E-state index contributed by atoms with van der Waals surface area (Å²) in [6, 6.07) is 5.67. The van der Waals surface area contributed by atoms with Crippen molar-refractivity contribution in [1.82, 2.24) is 4.90 Å². The summed E-state index contributed by atoms with van der Waals surface area (Å²) in [5.74, 6) is 0.718. The second-order valence-corrected chi connectivity index (χ2v) is 5.84. The van der Waals surface area contributed by atoms with E-state index < -0.39 is 6.10 Å². The Morgan fingerprint density at radius 2 is 2.37 bits per heavy atom. The van der Waals surface area contributed by atoms with Gasteiger partial charge in [0.05, 0.1) is 12.7 Å². The van der Waals surface area contributed by atoms with Gasteiger partial charge in [-0.1, -0.05) is 15.9 Å². The molecule has 0 aliphatic carbocycles. The van der Waals surface area contributed by atoms with Crippen molar-refractivity contribution < 1.29 is 14.6 Å². The summed E-state index contributed by atoms with van der Waals surface area (Å²) in [7, 11) is 2.08. The molecule has 1 aliphatic heterocycles. The summed E-state index contributed by atoms with van der Waals surface area (Å²) in [6.07, 6.45) is -0.466. The van der Waals surface area contributed by atoms with Gasteiger partial charge < -0.3 is 19.5 Å². The Bertz CT molecular complexity index is 425. The molecule has 1 unspecified atom stereocenters. The number of aliphatic hydroxyl groups excluding tert-OH is 1. The Hall–Kier alpha value is -0.620. The van der Waals surface area contributed by atoms with Gasteiger partial charge in [-0.15, -0.1) is 0 Å². The van der Waals surface area contributed by atoms with Gasteiger partial charge in [0, 0.05) is 23.1 Å². The molecule has 19 heavy (non-hydrogen) atoms. The van der Waals surface area contributed by atoms with Crippen LogP contribution in [-0.2, 0) is 4.74 Å². The fraction of sp³-hybridized carbons (Fsp3) is 0.571. The lowest BCUT2D eigenvalue weighted by molar-refractivity contribution is -0.0407. The summed E-state index contributed by atoms with van der Waals surface area (Å²) in [4.78, 5) is 2.23. The zero-order valence-electron chi connectivity index (χ0n) is 11.3. The maximum atomic E-state index is 9.77. The summed E-state index contributed by atoms with van der Waals surface area (Å²) in [5.41, 5.74) is 0.790. The average Bonchev–Trinajstić information content (AvgIpc) is 2.37. The van der Waals surface area contributed by atoms with E-state index in [1.165, 1.54) is 0 Å². The standard InChI is InChI=1S/C14H20BrNO3/c1-10(17)13-7-11(15)3-4-14(13)19-9-12-8-16(2)5-6-18-12/h3-4,7,10,12,17H,5-6,8-9H2,1-2H3/t10-,12?/m1/s1. The van der Waals surface area contributed by atoms with Gasteiger partial charge >= 0.3 is 0 Å². The molecule has 1 aliphatic rings. The van der Waals surface area contributed by atoms with Crippen LogP contribution in [0, 0.1) is 0 Å². The number of nitrogens with zero attached hydrogens (tertiary/aromatic N) is 1. The predicted octanol–water partition coefficient (Wildman–Crippen LogP) is 2.21. The summed E-state index contributed by atoms with van der Waals surface area (Å²) in [5, 5.41) is 9.77. The second kappa shape index (κ2) is 6.70. The molecule has 0 aromatic heterocycles. The molecule has 1 N–H and O–H groups in total. The second-order valence-electron chi connectivity index (χ2n) is 4.92. The third-order valence-electron chi connectivity index (χ3n) is 3.19. The highest BCUT2D eigenvalue weighted by molar-refractivity contribution is 9.10. The van der Waals surface area contributed by atoms with Crippen LogP contribution >= 0.6 is 15.9 Å². The highest BCUT2D eigenvalue weighted by Gasteiger charge is 2.19. The lowest BCUT2D eigenvalue weighted by atomic mass is 10.1. The number of aliphatic hydroxyl groups is 1. The Morgan fingerprint density at radius 1 is 1.58 bits per heavy atom. The molecule has 2 rings (SSSR count). The normalized spacial score (nSPS) is 22.2. The summed E-state index contributed by atoms with van der Waals surface area (Å²) in [6.45, 7) is 4.83. The molecular formula is C14H20BrNO3. The molecule has 0 saturated carbocycles. The highest BCUT2D eigenvalue weighted by atomic mass is 79.9. The Balaban J connectivity index is 1.99. The summed E-state index contributed by atoms with van der Waals surface area (Å²) >= 11 is 3.40. The molecule has 0 amide bonds. The molecule has 1 aromatic carbocycles. The largest absolute Gasteiger partial charge is 0.490 e. The molecule has 2 atom stereocenters. The smallest absolute Gasteiger partial charge is 0.125 e. The molecule has 4 nitrogen and oxygen atoms in total. The minimum atomic E-state index is -0.553. The fourth-order valence-corrected chi connectivity index (χ4v) is 2.51. The maximum Gasteiger partial charge on any atom is 0.125 e. The van der Waals surface area contributed by atoms with Crippen LogP contribution in [0.2, 0.25) is 0 Å². The van der Waals surface area contributed by atoms with Gasteiger partial charge in [-0.05, 0) is 32.2 Å². The number of hydrogen-bond acceptors (Lipinski definition) is 4. The zero-order chi connectivity index (χ0) is 13.8. The van der Waals surface area contributed by atoms with Crippen LogP contribution in [-0.4, -0.2) is 49.5 Å². The predicted molar refractivity (Wildman–Crippen MR) is 77.5 cm³/mol. The van der Waals surface area contributed by atoms with Gasteiger partial charge in [0.25, 0.3) is 0 Å². The van der Waals surface area contributed by atoms with Gasteiger partial charge in [0.15, 0.2) is 0 Å². The third kappa shape index (κ3) is 4.18. The number of halogens is 1. The first-order valence-corrected chi connectivity index (χ1v) is 7.26. The van der Waals surface area contributed by atoms with Crippen LogP contribution in [0.5, 0.6) is 5.75 Å². The summed E-state index contributed by atoms with van der Waals surface area (Å²) < 4.78 is 12.4. The first-order valence-electron chi connectivity index (χ1n) is 6.46. The van der Waals surface area contributed by atoms with Gasteiger partial charge in [-0.25, -0.2) is 0 Å². The minimum absolute atomic E-state index is 0.0873. The first-order chi connectivity index (χ1) is 9.06. The molecular weight excluding hydrogens is 310 g/mol. The van der Waals surface area contributed by atoms with Gasteiger partial charge in [-0.3, -0.25) is 0 Å². The number of hydrogen-bond donors (Lipinski definition) is 1. The molecule has 1 heterocycles. The Labute approximate surface area is 122 Å². The highest BCUT2D eigenvalue weighted by Crippen LogP contribution is 2.28. The van der Waals surface area contributed by atoms with E-state index in [0.29, 0.717) is 6.61 Å². The van der Waals surface area contributed by atoms with Crippen molar-refractivity contribution in [1.29, 1.82) is 0 Å². The van der Waals surface area contributed by atoms with Crippen molar-refractivity contribution in [2.24, 2.45) is 0 Å². The third-order valence-corrected chi connectivity index (χ3v) is 3.68. The van der Waals surface area contributed by atoms with Crippen LogP contribution in [0.4, 0.5) is 0 Å². The Kier molecular flexibility index (Phi) is 5.21.